The van der Waals surface area contributed by atoms with E-state index in [9.17, 15) is 0 Å². The van der Waals surface area contributed by atoms with Crippen LogP contribution in [0.1, 0.15) is 25.3 Å². The highest BCUT2D eigenvalue weighted by Crippen LogP contribution is 2.31. The first-order chi connectivity index (χ1) is 12.3. The highest BCUT2D eigenvalue weighted by Gasteiger charge is 2.27. The van der Waals surface area contributed by atoms with Crippen LogP contribution in [0.2, 0.25) is 0 Å². The van der Waals surface area contributed by atoms with Crippen LogP contribution in [0.5, 0.6) is 5.75 Å². The Kier molecular flexibility index (Phi) is 6.35. The van der Waals surface area contributed by atoms with Crippen molar-refractivity contribution >= 4 is 5.69 Å². The molecule has 0 radical (unpaired) electrons. The first kappa shape index (κ1) is 17.8. The molecule has 1 saturated heterocycles. The number of rotatable bonds is 7. The molecule has 1 fully saturated rings. The fourth-order valence-electron chi connectivity index (χ4n) is 3.81. The maximum absolute atomic E-state index is 5.58. The Bertz CT molecular complexity index is 643. The molecule has 1 heterocycles. The van der Waals surface area contributed by atoms with Crippen molar-refractivity contribution in [3.63, 3.8) is 0 Å². The minimum atomic E-state index is 0.557. The lowest BCUT2D eigenvalue weighted by molar-refractivity contribution is 0.217. The number of piperazine rings is 1. The first-order valence-electron chi connectivity index (χ1n) is 9.47. The van der Waals surface area contributed by atoms with Gasteiger partial charge >= 0.3 is 0 Å². The quantitative estimate of drug-likeness (QED) is 0.751. The molecule has 1 aliphatic heterocycles. The third kappa shape index (κ3) is 4.55. The van der Waals surface area contributed by atoms with Gasteiger partial charge < -0.3 is 9.64 Å². The zero-order valence-corrected chi connectivity index (χ0v) is 15.5. The molecule has 1 unspecified atom stereocenters. The van der Waals surface area contributed by atoms with E-state index in [4.69, 9.17) is 4.74 Å². The van der Waals surface area contributed by atoms with Gasteiger partial charge in [0, 0.05) is 25.7 Å². The minimum Gasteiger partial charge on any atom is -0.495 e. The van der Waals surface area contributed by atoms with Gasteiger partial charge in [0.2, 0.25) is 0 Å². The Hall–Kier alpha value is -2.00. The van der Waals surface area contributed by atoms with Gasteiger partial charge in [-0.05, 0) is 43.5 Å². The summed E-state index contributed by atoms with van der Waals surface area (Å²) in [5, 5.41) is 0. The molecular weight excluding hydrogens is 308 g/mol. The third-order valence-corrected chi connectivity index (χ3v) is 5.22. The molecule has 25 heavy (non-hydrogen) atoms. The second-order valence-electron chi connectivity index (χ2n) is 6.82. The van der Waals surface area contributed by atoms with E-state index >= 15 is 0 Å². The predicted octanol–water partition coefficient (Wildman–Crippen LogP) is 4.23. The molecule has 0 bridgehead atoms. The van der Waals surface area contributed by atoms with Gasteiger partial charge in [0.05, 0.1) is 12.8 Å². The average Bonchev–Trinajstić information content (AvgIpc) is 2.68. The Morgan fingerprint density at radius 2 is 1.76 bits per heavy atom. The topological polar surface area (TPSA) is 15.7 Å². The van der Waals surface area contributed by atoms with Crippen LogP contribution in [-0.4, -0.2) is 44.2 Å². The van der Waals surface area contributed by atoms with Gasteiger partial charge in [-0.15, -0.1) is 0 Å². The van der Waals surface area contributed by atoms with Crippen LogP contribution in [0.3, 0.4) is 0 Å². The van der Waals surface area contributed by atoms with E-state index in [1.165, 1.54) is 30.6 Å². The summed E-state index contributed by atoms with van der Waals surface area (Å²) in [5.74, 6) is 0.985. The number of ether oxygens (including phenoxy) is 1. The van der Waals surface area contributed by atoms with Crippen molar-refractivity contribution in [2.24, 2.45) is 0 Å². The van der Waals surface area contributed by atoms with Crippen LogP contribution >= 0.6 is 0 Å². The normalized spacial score (nSPS) is 18.3. The Morgan fingerprint density at radius 1 is 1.00 bits per heavy atom. The molecule has 3 heteroatoms. The summed E-state index contributed by atoms with van der Waals surface area (Å²) in [5.41, 5.74) is 2.68. The Balaban J connectivity index is 1.56. The van der Waals surface area contributed by atoms with Crippen molar-refractivity contribution in [3.8, 4) is 5.75 Å². The predicted molar refractivity (Wildman–Crippen MR) is 106 cm³/mol. The van der Waals surface area contributed by atoms with E-state index in [-0.39, 0.29) is 0 Å². The van der Waals surface area contributed by atoms with E-state index in [0.29, 0.717) is 6.04 Å². The van der Waals surface area contributed by atoms with Crippen molar-refractivity contribution in [2.45, 2.75) is 32.2 Å². The maximum Gasteiger partial charge on any atom is 0.142 e. The zero-order chi connectivity index (χ0) is 17.5. The molecule has 0 spiro atoms. The standard InChI is InChI=1S/C22H30N2O/c1-3-20-18-23(15-9-12-19-10-5-4-6-11-19)16-17-24(20)21-13-7-8-14-22(21)25-2/h4-8,10-11,13-14,20H,3,9,12,15-18H2,1-2H3. The van der Waals surface area contributed by atoms with Crippen molar-refractivity contribution in [1.82, 2.24) is 4.90 Å². The molecule has 3 nitrogen and oxygen atoms in total. The maximum atomic E-state index is 5.58. The average molecular weight is 338 g/mol. The number of para-hydroxylation sites is 2. The molecule has 3 rings (SSSR count). The van der Waals surface area contributed by atoms with E-state index in [0.717, 1.165) is 31.8 Å². The van der Waals surface area contributed by atoms with Crippen LogP contribution in [0.15, 0.2) is 54.6 Å². The van der Waals surface area contributed by atoms with E-state index in [2.05, 4.69) is 65.3 Å². The minimum absolute atomic E-state index is 0.557. The summed E-state index contributed by atoms with van der Waals surface area (Å²) in [6.07, 6.45) is 3.56. The molecule has 2 aromatic rings. The highest BCUT2D eigenvalue weighted by atomic mass is 16.5. The lowest BCUT2D eigenvalue weighted by Gasteiger charge is -2.43. The van der Waals surface area contributed by atoms with Crippen LogP contribution in [0, 0.1) is 0 Å². The molecule has 0 amide bonds. The van der Waals surface area contributed by atoms with Crippen molar-refractivity contribution in [1.29, 1.82) is 0 Å². The van der Waals surface area contributed by atoms with Crippen molar-refractivity contribution < 1.29 is 4.74 Å². The molecule has 134 valence electrons. The highest BCUT2D eigenvalue weighted by molar-refractivity contribution is 5.59. The summed E-state index contributed by atoms with van der Waals surface area (Å²) >= 11 is 0. The van der Waals surface area contributed by atoms with Crippen molar-refractivity contribution in [3.05, 3.63) is 60.2 Å². The molecule has 0 saturated carbocycles. The smallest absolute Gasteiger partial charge is 0.142 e. The summed E-state index contributed by atoms with van der Waals surface area (Å²) in [4.78, 5) is 5.16. The first-order valence-corrected chi connectivity index (χ1v) is 9.47. The largest absolute Gasteiger partial charge is 0.495 e. The van der Waals surface area contributed by atoms with Gasteiger partial charge in [-0.1, -0.05) is 49.4 Å². The Morgan fingerprint density at radius 3 is 2.52 bits per heavy atom. The van der Waals surface area contributed by atoms with E-state index < -0.39 is 0 Å². The number of anilines is 1. The monoisotopic (exact) mass is 338 g/mol. The summed E-state index contributed by atoms with van der Waals surface area (Å²) < 4.78 is 5.58. The van der Waals surface area contributed by atoms with Crippen LogP contribution in [0.25, 0.3) is 0 Å². The summed E-state index contributed by atoms with van der Waals surface area (Å²) in [6, 6.07) is 19.8. The second-order valence-corrected chi connectivity index (χ2v) is 6.82. The van der Waals surface area contributed by atoms with E-state index in [1.807, 2.05) is 6.07 Å². The molecule has 0 aliphatic carbocycles. The third-order valence-electron chi connectivity index (χ3n) is 5.22. The lowest BCUT2D eigenvalue weighted by atomic mass is 10.1. The van der Waals surface area contributed by atoms with Crippen LogP contribution in [0.4, 0.5) is 5.69 Å². The second kappa shape index (κ2) is 8.91. The fourth-order valence-corrected chi connectivity index (χ4v) is 3.81. The summed E-state index contributed by atoms with van der Waals surface area (Å²) in [7, 11) is 1.76. The molecule has 2 aromatic carbocycles. The lowest BCUT2D eigenvalue weighted by Crippen LogP contribution is -2.53. The fraction of sp³-hybridized carbons (Fsp3) is 0.455. The van der Waals surface area contributed by atoms with Gasteiger partial charge in [-0.2, -0.15) is 0 Å². The number of nitrogens with zero attached hydrogens (tertiary/aromatic N) is 2. The van der Waals surface area contributed by atoms with Crippen LogP contribution < -0.4 is 9.64 Å². The van der Waals surface area contributed by atoms with E-state index in [1.54, 1.807) is 7.11 Å². The number of benzene rings is 2. The SMILES string of the molecule is CCC1CN(CCCc2ccccc2)CCN1c1ccccc1OC. The molecule has 0 aromatic heterocycles. The number of methoxy groups -OCH3 is 1. The summed E-state index contributed by atoms with van der Waals surface area (Å²) in [6.45, 7) is 6.82. The zero-order valence-electron chi connectivity index (χ0n) is 15.5. The number of hydrogen-bond acceptors (Lipinski definition) is 3. The molecular formula is C22H30N2O. The van der Waals surface area contributed by atoms with Crippen molar-refractivity contribution in [2.75, 3.05) is 38.2 Å². The molecule has 1 aliphatic rings. The number of aryl methyl sites for hydroxylation is 1. The Labute approximate surface area is 152 Å². The molecule has 0 N–H and O–H groups in total. The van der Waals surface area contributed by atoms with Gasteiger partial charge in [0.15, 0.2) is 0 Å². The van der Waals surface area contributed by atoms with Gasteiger partial charge in [-0.3, -0.25) is 4.90 Å². The van der Waals surface area contributed by atoms with Crippen LogP contribution in [-0.2, 0) is 6.42 Å². The molecule has 1 atom stereocenters. The number of hydrogen-bond donors (Lipinski definition) is 0. The van der Waals surface area contributed by atoms with Gasteiger partial charge in [0.1, 0.15) is 5.75 Å². The van der Waals surface area contributed by atoms with Gasteiger partial charge in [0.25, 0.3) is 0 Å². The van der Waals surface area contributed by atoms with Gasteiger partial charge in [-0.25, -0.2) is 0 Å².